The van der Waals surface area contributed by atoms with E-state index in [2.05, 4.69) is 54.6 Å². The lowest BCUT2D eigenvalue weighted by Gasteiger charge is -2.42. The SMILES string of the molecule is C=C(/C=C(\C=C(/C)CC)CC[C@]1(C2CCCC2)CC(O)=C(Cc2nc3nc(C)cc(C)n3n2)C(=O)O1)CC. The molecule has 0 saturated heterocycles. The van der Waals surface area contributed by atoms with Crippen LogP contribution in [0, 0.1) is 19.8 Å². The lowest BCUT2D eigenvalue weighted by molar-refractivity contribution is -0.167. The summed E-state index contributed by atoms with van der Waals surface area (Å²) >= 11 is 0. The number of cyclic esters (lactones) is 1. The molecule has 38 heavy (non-hydrogen) atoms. The van der Waals surface area contributed by atoms with E-state index in [1.54, 1.807) is 4.52 Å². The normalized spacial score (nSPS) is 21.4. The van der Waals surface area contributed by atoms with Gasteiger partial charge in [0.15, 0.2) is 5.82 Å². The second kappa shape index (κ2) is 11.7. The Kier molecular flexibility index (Phi) is 8.54. The summed E-state index contributed by atoms with van der Waals surface area (Å²) in [6.45, 7) is 14.4. The fourth-order valence-electron chi connectivity index (χ4n) is 5.75. The van der Waals surface area contributed by atoms with Crippen LogP contribution in [0.25, 0.3) is 5.78 Å². The van der Waals surface area contributed by atoms with Crippen LogP contribution in [0.2, 0.25) is 0 Å². The van der Waals surface area contributed by atoms with Gasteiger partial charge < -0.3 is 9.84 Å². The van der Waals surface area contributed by atoms with E-state index in [0.29, 0.717) is 24.4 Å². The van der Waals surface area contributed by atoms with Gasteiger partial charge in [0.05, 0.1) is 5.57 Å². The molecule has 0 spiro atoms. The van der Waals surface area contributed by atoms with E-state index in [9.17, 15) is 9.90 Å². The molecule has 0 aromatic carbocycles. The summed E-state index contributed by atoms with van der Waals surface area (Å²) in [5.74, 6) is 0.831. The van der Waals surface area contributed by atoms with Gasteiger partial charge in [-0.05, 0) is 76.9 Å². The molecule has 1 atom stereocenters. The van der Waals surface area contributed by atoms with Gasteiger partial charge in [-0.15, -0.1) is 5.10 Å². The Morgan fingerprint density at radius 1 is 1.21 bits per heavy atom. The number of rotatable bonds is 10. The molecule has 7 heteroatoms. The second-order valence-corrected chi connectivity index (χ2v) is 11.1. The first kappa shape index (κ1) is 27.8. The predicted octanol–water partition coefficient (Wildman–Crippen LogP) is 7.00. The highest BCUT2D eigenvalue weighted by molar-refractivity contribution is 5.90. The van der Waals surface area contributed by atoms with Crippen molar-refractivity contribution in [3.8, 4) is 0 Å². The van der Waals surface area contributed by atoms with Crippen LogP contribution < -0.4 is 0 Å². The molecule has 3 heterocycles. The summed E-state index contributed by atoms with van der Waals surface area (Å²) in [7, 11) is 0. The average molecular weight is 519 g/mol. The molecule has 1 aliphatic heterocycles. The van der Waals surface area contributed by atoms with Crippen LogP contribution in [-0.4, -0.2) is 36.3 Å². The van der Waals surface area contributed by atoms with Crippen molar-refractivity contribution in [2.45, 2.75) is 104 Å². The maximum atomic E-state index is 13.5. The molecule has 0 radical (unpaired) electrons. The number of carbonyl (C=O) groups is 1. The van der Waals surface area contributed by atoms with E-state index in [1.807, 2.05) is 19.9 Å². The van der Waals surface area contributed by atoms with Crippen LogP contribution in [0.1, 0.15) is 95.8 Å². The van der Waals surface area contributed by atoms with Crippen molar-refractivity contribution in [1.29, 1.82) is 0 Å². The number of aromatic nitrogens is 4. The summed E-state index contributed by atoms with van der Waals surface area (Å²) in [6, 6.07) is 1.93. The number of esters is 1. The second-order valence-electron chi connectivity index (χ2n) is 11.1. The molecule has 1 saturated carbocycles. The third-order valence-corrected chi connectivity index (χ3v) is 8.12. The Balaban J connectivity index is 1.61. The lowest BCUT2D eigenvalue weighted by Crippen LogP contribution is -2.46. The van der Waals surface area contributed by atoms with E-state index in [-0.39, 0.29) is 23.7 Å². The quantitative estimate of drug-likeness (QED) is 0.269. The first-order chi connectivity index (χ1) is 18.1. The van der Waals surface area contributed by atoms with Gasteiger partial charge in [0.2, 0.25) is 0 Å². The number of ether oxygens (including phenoxy) is 1. The van der Waals surface area contributed by atoms with Gasteiger partial charge in [0.1, 0.15) is 11.4 Å². The Labute approximate surface area is 226 Å². The minimum atomic E-state index is -0.705. The van der Waals surface area contributed by atoms with Gasteiger partial charge in [-0.2, -0.15) is 4.98 Å². The molecule has 0 unspecified atom stereocenters. The van der Waals surface area contributed by atoms with Crippen LogP contribution in [0.4, 0.5) is 0 Å². The van der Waals surface area contributed by atoms with Crippen LogP contribution in [0.5, 0.6) is 0 Å². The van der Waals surface area contributed by atoms with E-state index in [0.717, 1.165) is 61.9 Å². The monoisotopic (exact) mass is 518 g/mol. The highest BCUT2D eigenvalue weighted by atomic mass is 16.6. The molecule has 7 nitrogen and oxygen atoms in total. The van der Waals surface area contributed by atoms with Gasteiger partial charge in [-0.3, -0.25) is 0 Å². The number of aryl methyl sites for hydroxylation is 2. The first-order valence-electron chi connectivity index (χ1n) is 14.0. The number of fused-ring (bicyclic) bond motifs is 1. The Morgan fingerprint density at radius 2 is 1.95 bits per heavy atom. The molecule has 1 N–H and O–H groups in total. The van der Waals surface area contributed by atoms with Gasteiger partial charge in [0.25, 0.3) is 5.78 Å². The third kappa shape index (κ3) is 6.08. The van der Waals surface area contributed by atoms with Crippen LogP contribution in [0.15, 0.2) is 52.8 Å². The van der Waals surface area contributed by atoms with Crippen molar-refractivity contribution in [1.82, 2.24) is 19.6 Å². The molecule has 204 valence electrons. The fourth-order valence-corrected chi connectivity index (χ4v) is 5.75. The molecule has 1 fully saturated rings. The zero-order chi connectivity index (χ0) is 27.4. The summed E-state index contributed by atoms with van der Waals surface area (Å²) in [5, 5.41) is 15.8. The first-order valence-corrected chi connectivity index (χ1v) is 14.0. The Hall–Kier alpha value is -3.22. The summed E-state index contributed by atoms with van der Waals surface area (Å²) in [4.78, 5) is 22.4. The number of carbonyl (C=O) groups excluding carboxylic acids is 1. The molecule has 0 amide bonds. The molecule has 0 bridgehead atoms. The predicted molar refractivity (Wildman–Crippen MR) is 150 cm³/mol. The summed E-state index contributed by atoms with van der Waals surface area (Å²) in [5.41, 5.74) is 4.91. The van der Waals surface area contributed by atoms with Crippen molar-refractivity contribution in [3.05, 3.63) is 70.1 Å². The zero-order valence-electron chi connectivity index (χ0n) is 23.6. The maximum Gasteiger partial charge on any atom is 0.338 e. The highest BCUT2D eigenvalue weighted by Gasteiger charge is 2.48. The molecule has 2 aromatic rings. The maximum absolute atomic E-state index is 13.5. The smallest absolute Gasteiger partial charge is 0.338 e. The lowest BCUT2D eigenvalue weighted by atomic mass is 9.76. The van der Waals surface area contributed by atoms with Gasteiger partial charge in [-0.1, -0.05) is 56.6 Å². The topological polar surface area (TPSA) is 89.6 Å². The number of aliphatic hydroxyl groups is 1. The number of hydrogen-bond acceptors (Lipinski definition) is 6. The molecular formula is C31H42N4O3. The van der Waals surface area contributed by atoms with E-state index in [1.165, 1.54) is 11.1 Å². The van der Waals surface area contributed by atoms with Crippen molar-refractivity contribution in [2.24, 2.45) is 5.92 Å². The van der Waals surface area contributed by atoms with E-state index in [4.69, 9.17) is 4.74 Å². The number of allylic oxidation sites excluding steroid dienone is 5. The molecule has 2 aromatic heterocycles. The van der Waals surface area contributed by atoms with Crippen molar-refractivity contribution in [2.75, 3.05) is 0 Å². The standard InChI is InChI=1S/C31H42N4O3/c1-7-20(3)15-24(16-21(4)8-2)13-14-31(25-11-9-10-12-25)19-27(36)26(29(37)38-31)18-28-33-30-32-22(5)17-23(6)35(30)34-28/h15-17,25,36H,3,7-14,18-19H2,1-2,4-6H3/b21-16+,24-15-/t31-/m1/s1. The van der Waals surface area contributed by atoms with Gasteiger partial charge >= 0.3 is 5.97 Å². The van der Waals surface area contributed by atoms with Crippen molar-refractivity contribution in [3.63, 3.8) is 0 Å². The molecule has 4 rings (SSSR count). The molecule has 2 aliphatic rings. The average Bonchev–Trinajstić information content (AvgIpc) is 3.55. The van der Waals surface area contributed by atoms with Crippen LogP contribution in [0.3, 0.4) is 0 Å². The number of aliphatic hydroxyl groups excluding tert-OH is 1. The minimum Gasteiger partial charge on any atom is -0.512 e. The van der Waals surface area contributed by atoms with Crippen LogP contribution >= 0.6 is 0 Å². The highest BCUT2D eigenvalue weighted by Crippen LogP contribution is 2.46. The van der Waals surface area contributed by atoms with Gasteiger partial charge in [-0.25, -0.2) is 14.3 Å². The summed E-state index contributed by atoms with van der Waals surface area (Å²) in [6.07, 6.45) is 12.5. The van der Waals surface area contributed by atoms with E-state index < -0.39 is 11.6 Å². The molecular weight excluding hydrogens is 476 g/mol. The Morgan fingerprint density at radius 3 is 2.61 bits per heavy atom. The minimum absolute atomic E-state index is 0.108. The van der Waals surface area contributed by atoms with Crippen molar-refractivity contribution >= 4 is 11.7 Å². The largest absolute Gasteiger partial charge is 0.512 e. The fraction of sp³-hybridized carbons (Fsp3) is 0.548. The van der Waals surface area contributed by atoms with Gasteiger partial charge in [0, 0.05) is 24.2 Å². The number of nitrogens with zero attached hydrogens (tertiary/aromatic N) is 4. The Bertz CT molecular complexity index is 1310. The third-order valence-electron chi connectivity index (χ3n) is 8.12. The van der Waals surface area contributed by atoms with Crippen molar-refractivity contribution < 1.29 is 14.6 Å². The zero-order valence-corrected chi connectivity index (χ0v) is 23.6. The van der Waals surface area contributed by atoms with Crippen LogP contribution in [-0.2, 0) is 16.0 Å². The summed E-state index contributed by atoms with van der Waals surface area (Å²) < 4.78 is 8.01. The van der Waals surface area contributed by atoms with E-state index >= 15 is 0 Å². The molecule has 1 aliphatic carbocycles. The number of hydrogen-bond donors (Lipinski definition) is 1.